The lowest BCUT2D eigenvalue weighted by molar-refractivity contribution is -0.143. The van der Waals surface area contributed by atoms with Gasteiger partial charge in [0.15, 0.2) is 0 Å². The largest absolute Gasteiger partial charge is 0.466 e. The number of ether oxygens (including phenoxy) is 1. The zero-order chi connectivity index (χ0) is 49.3. The van der Waals surface area contributed by atoms with Gasteiger partial charge in [0, 0.05) is 12.8 Å². The molecular formula is C62H123NO5. The lowest BCUT2D eigenvalue weighted by Gasteiger charge is -2.22. The molecule has 6 heteroatoms. The van der Waals surface area contributed by atoms with E-state index in [0.717, 1.165) is 38.5 Å². The Kier molecular flexibility index (Phi) is 57.5. The maximum Gasteiger partial charge on any atom is 0.305 e. The molecule has 1 amide bonds. The smallest absolute Gasteiger partial charge is 0.305 e. The zero-order valence-electron chi connectivity index (χ0n) is 46.4. The van der Waals surface area contributed by atoms with E-state index in [1.807, 2.05) is 0 Å². The first-order valence-electron chi connectivity index (χ1n) is 31.3. The molecule has 0 radical (unpaired) electrons. The summed E-state index contributed by atoms with van der Waals surface area (Å²) in [4.78, 5) is 24.5. The van der Waals surface area contributed by atoms with Gasteiger partial charge in [0.2, 0.25) is 5.91 Å². The van der Waals surface area contributed by atoms with Gasteiger partial charge in [0.05, 0.1) is 25.4 Å². The number of esters is 1. The Labute approximate surface area is 426 Å². The summed E-state index contributed by atoms with van der Waals surface area (Å²) in [5, 5.41) is 23.1. The number of rotatable bonds is 59. The highest BCUT2D eigenvalue weighted by Crippen LogP contribution is 2.19. The summed E-state index contributed by atoms with van der Waals surface area (Å²) < 4.78 is 5.50. The number of amides is 1. The number of carbonyl (C=O) groups is 2. The Hall–Kier alpha value is -1.14. The molecule has 0 saturated heterocycles. The van der Waals surface area contributed by atoms with Crippen molar-refractivity contribution in [2.45, 2.75) is 373 Å². The van der Waals surface area contributed by atoms with Gasteiger partial charge in [-0.1, -0.05) is 322 Å². The number of carbonyl (C=O) groups excluding carboxylic acids is 2. The summed E-state index contributed by atoms with van der Waals surface area (Å²) in [6.07, 6.45) is 68.5. The molecule has 6 nitrogen and oxygen atoms in total. The Morgan fingerprint density at radius 3 is 0.897 bits per heavy atom. The lowest BCUT2D eigenvalue weighted by atomic mass is 10.0. The van der Waals surface area contributed by atoms with Crippen molar-refractivity contribution in [1.82, 2.24) is 5.32 Å². The van der Waals surface area contributed by atoms with E-state index in [1.54, 1.807) is 0 Å². The molecule has 0 bridgehead atoms. The molecule has 0 fully saturated rings. The van der Waals surface area contributed by atoms with Crippen LogP contribution in [0.25, 0.3) is 0 Å². The molecule has 68 heavy (non-hydrogen) atoms. The molecule has 0 saturated carbocycles. The fraction of sp³-hybridized carbons (Fsp3) is 0.968. The van der Waals surface area contributed by atoms with Crippen LogP contribution in [0.15, 0.2) is 0 Å². The fourth-order valence-electron chi connectivity index (χ4n) is 10.1. The van der Waals surface area contributed by atoms with Crippen LogP contribution in [0, 0.1) is 0 Å². The minimum Gasteiger partial charge on any atom is -0.466 e. The van der Waals surface area contributed by atoms with E-state index in [1.165, 1.54) is 289 Å². The van der Waals surface area contributed by atoms with E-state index in [9.17, 15) is 19.8 Å². The maximum atomic E-state index is 12.4. The molecule has 0 aliphatic rings. The van der Waals surface area contributed by atoms with E-state index in [2.05, 4.69) is 19.2 Å². The van der Waals surface area contributed by atoms with Crippen molar-refractivity contribution in [3.63, 3.8) is 0 Å². The summed E-state index contributed by atoms with van der Waals surface area (Å²) in [6.45, 7) is 4.96. The summed E-state index contributed by atoms with van der Waals surface area (Å²) >= 11 is 0. The van der Waals surface area contributed by atoms with Crippen LogP contribution < -0.4 is 5.32 Å². The third-order valence-electron chi connectivity index (χ3n) is 14.9. The highest BCUT2D eigenvalue weighted by atomic mass is 16.5. The SMILES string of the molecule is CCCCCCCCCCCCCCCCCCCCC(=O)OCCCCCCCCCCCCCCCCCCCCCCCCCCC(=O)NC(CO)C(O)CCCCCCCCCCC. The fourth-order valence-corrected chi connectivity index (χ4v) is 10.1. The van der Waals surface area contributed by atoms with E-state index >= 15 is 0 Å². The maximum absolute atomic E-state index is 12.4. The number of hydrogen-bond donors (Lipinski definition) is 3. The van der Waals surface area contributed by atoms with Gasteiger partial charge in [-0.2, -0.15) is 0 Å². The van der Waals surface area contributed by atoms with E-state index in [-0.39, 0.29) is 18.5 Å². The topological polar surface area (TPSA) is 95.9 Å². The second-order valence-corrected chi connectivity index (χ2v) is 21.8. The summed E-state index contributed by atoms with van der Waals surface area (Å²) in [7, 11) is 0. The number of hydrogen-bond acceptors (Lipinski definition) is 5. The molecule has 0 aliphatic carbocycles. The molecule has 0 heterocycles. The average Bonchev–Trinajstić information content (AvgIpc) is 3.34. The van der Waals surface area contributed by atoms with Crippen LogP contribution >= 0.6 is 0 Å². The van der Waals surface area contributed by atoms with Crippen molar-refractivity contribution in [2.75, 3.05) is 13.2 Å². The molecule has 0 spiro atoms. The van der Waals surface area contributed by atoms with E-state index < -0.39 is 12.1 Å². The molecule has 2 unspecified atom stereocenters. The molecule has 0 aliphatic heterocycles. The van der Waals surface area contributed by atoms with Crippen LogP contribution in [0.2, 0.25) is 0 Å². The van der Waals surface area contributed by atoms with Gasteiger partial charge in [-0.25, -0.2) is 0 Å². The first kappa shape index (κ1) is 66.9. The number of nitrogens with one attached hydrogen (secondary N) is 1. The third kappa shape index (κ3) is 54.2. The summed E-state index contributed by atoms with van der Waals surface area (Å²) in [5.41, 5.74) is 0. The standard InChI is InChI=1S/C62H123NO5/c1-3-5-7-9-11-13-14-15-16-17-27-30-33-36-40-44-48-52-56-62(67)68-57-53-49-45-41-37-34-31-28-25-23-21-19-18-20-22-24-26-29-32-35-39-43-47-51-55-61(66)63-59(58-64)60(65)54-50-46-42-38-12-10-8-6-4-2/h59-60,64-65H,3-58H2,1-2H3,(H,63,66). The molecule has 3 N–H and O–H groups in total. The monoisotopic (exact) mass is 962 g/mol. The number of unbranched alkanes of at least 4 members (excludes halogenated alkanes) is 48. The number of aliphatic hydroxyl groups is 2. The Balaban J connectivity index is 3.30. The van der Waals surface area contributed by atoms with Gasteiger partial charge in [-0.05, 0) is 25.7 Å². The Morgan fingerprint density at radius 1 is 0.353 bits per heavy atom. The van der Waals surface area contributed by atoms with Gasteiger partial charge >= 0.3 is 5.97 Å². The van der Waals surface area contributed by atoms with Crippen molar-refractivity contribution >= 4 is 11.9 Å². The van der Waals surface area contributed by atoms with Gasteiger partial charge in [-0.3, -0.25) is 9.59 Å². The third-order valence-corrected chi connectivity index (χ3v) is 14.9. The second kappa shape index (κ2) is 58.4. The van der Waals surface area contributed by atoms with Crippen LogP contribution in [0.4, 0.5) is 0 Å². The van der Waals surface area contributed by atoms with Crippen LogP contribution in [0.5, 0.6) is 0 Å². The Morgan fingerprint density at radius 2 is 0.603 bits per heavy atom. The van der Waals surface area contributed by atoms with Crippen LogP contribution in [-0.4, -0.2) is 47.4 Å². The molecule has 0 aromatic rings. The molecule has 0 aromatic carbocycles. The van der Waals surface area contributed by atoms with Crippen molar-refractivity contribution in [3.8, 4) is 0 Å². The normalized spacial score (nSPS) is 12.5. The van der Waals surface area contributed by atoms with Crippen LogP contribution in [-0.2, 0) is 14.3 Å². The second-order valence-electron chi connectivity index (χ2n) is 21.8. The quantitative estimate of drug-likeness (QED) is 0.0417. The average molecular weight is 963 g/mol. The summed E-state index contributed by atoms with van der Waals surface area (Å²) in [5.74, 6) is -0.0136. The van der Waals surface area contributed by atoms with E-state index in [4.69, 9.17) is 4.74 Å². The van der Waals surface area contributed by atoms with Crippen molar-refractivity contribution in [2.24, 2.45) is 0 Å². The van der Waals surface area contributed by atoms with Gasteiger partial charge in [-0.15, -0.1) is 0 Å². The van der Waals surface area contributed by atoms with Crippen molar-refractivity contribution in [1.29, 1.82) is 0 Å². The number of aliphatic hydroxyl groups excluding tert-OH is 2. The molecule has 0 aromatic heterocycles. The predicted molar refractivity (Wildman–Crippen MR) is 297 cm³/mol. The first-order valence-corrected chi connectivity index (χ1v) is 31.3. The van der Waals surface area contributed by atoms with Gasteiger partial charge < -0.3 is 20.3 Å². The molecule has 0 rings (SSSR count). The predicted octanol–water partition coefficient (Wildman–Crippen LogP) is 19.5. The van der Waals surface area contributed by atoms with Crippen LogP contribution in [0.1, 0.15) is 361 Å². The molecular weight excluding hydrogens is 839 g/mol. The Bertz CT molecular complexity index is 975. The minimum absolute atomic E-state index is 0.0206. The first-order chi connectivity index (χ1) is 33.5. The lowest BCUT2D eigenvalue weighted by Crippen LogP contribution is -2.45. The highest BCUT2D eigenvalue weighted by Gasteiger charge is 2.20. The zero-order valence-corrected chi connectivity index (χ0v) is 46.4. The van der Waals surface area contributed by atoms with Crippen LogP contribution in [0.3, 0.4) is 0 Å². The van der Waals surface area contributed by atoms with Gasteiger partial charge in [0.1, 0.15) is 0 Å². The van der Waals surface area contributed by atoms with Gasteiger partial charge in [0.25, 0.3) is 0 Å². The highest BCUT2D eigenvalue weighted by molar-refractivity contribution is 5.76. The minimum atomic E-state index is -0.660. The van der Waals surface area contributed by atoms with Crippen molar-refractivity contribution < 1.29 is 24.5 Å². The summed E-state index contributed by atoms with van der Waals surface area (Å²) in [6, 6.07) is -0.537. The van der Waals surface area contributed by atoms with E-state index in [0.29, 0.717) is 25.9 Å². The molecule has 2 atom stereocenters. The van der Waals surface area contributed by atoms with Crippen molar-refractivity contribution in [3.05, 3.63) is 0 Å². The molecule has 406 valence electrons.